The van der Waals surface area contributed by atoms with Crippen molar-refractivity contribution >= 4 is 17.2 Å². The Morgan fingerprint density at radius 3 is 2.59 bits per heavy atom. The molecule has 0 fully saturated rings. The number of pyridine rings is 1. The summed E-state index contributed by atoms with van der Waals surface area (Å²) in [5.41, 5.74) is 1.48. The number of Topliss-reactive ketones (excluding diaryl/α,β-unsaturated/α-hetero) is 1. The first-order valence-electron chi connectivity index (χ1n) is 5.14. The number of nitrogens with zero attached hydrogens (tertiary/aromatic N) is 1. The fraction of sp³-hybridized carbons (Fsp3) is 0.0769. The van der Waals surface area contributed by atoms with Gasteiger partial charge in [0.05, 0.1) is 5.69 Å². The van der Waals surface area contributed by atoms with E-state index in [1.807, 2.05) is 0 Å². The Morgan fingerprint density at radius 2 is 1.94 bits per heavy atom. The Bertz CT molecular complexity index is 540. The van der Waals surface area contributed by atoms with Crippen LogP contribution in [0.1, 0.15) is 17.3 Å². The molecule has 0 aliphatic carbocycles. The number of nitrogens with one attached hydrogen (secondary N) is 1. The lowest BCUT2D eigenvalue weighted by molar-refractivity contribution is 0.101. The lowest BCUT2D eigenvalue weighted by atomic mass is 10.1. The molecule has 0 spiro atoms. The van der Waals surface area contributed by atoms with E-state index in [0.717, 1.165) is 5.69 Å². The van der Waals surface area contributed by atoms with Crippen LogP contribution in [-0.4, -0.2) is 10.8 Å². The average Bonchev–Trinajstić information content (AvgIpc) is 2.33. The van der Waals surface area contributed by atoms with Crippen molar-refractivity contribution < 1.29 is 9.18 Å². The third kappa shape index (κ3) is 2.66. The van der Waals surface area contributed by atoms with E-state index in [-0.39, 0.29) is 11.5 Å². The number of anilines is 2. The van der Waals surface area contributed by atoms with Gasteiger partial charge in [-0.25, -0.2) is 4.39 Å². The maximum Gasteiger partial charge on any atom is 0.159 e. The van der Waals surface area contributed by atoms with Gasteiger partial charge in [-0.2, -0.15) is 0 Å². The molecule has 0 bridgehead atoms. The summed E-state index contributed by atoms with van der Waals surface area (Å²) in [6.45, 7) is 1.45. The molecule has 0 unspecified atom stereocenters. The van der Waals surface area contributed by atoms with Crippen LogP contribution in [0.2, 0.25) is 0 Å². The van der Waals surface area contributed by atoms with E-state index in [1.54, 1.807) is 24.5 Å². The topological polar surface area (TPSA) is 42.0 Å². The third-order valence-electron chi connectivity index (χ3n) is 2.33. The number of halogens is 1. The molecule has 0 radical (unpaired) electrons. The summed E-state index contributed by atoms with van der Waals surface area (Å²) in [6, 6.07) is 7.69. The first-order chi connectivity index (χ1) is 8.16. The van der Waals surface area contributed by atoms with E-state index >= 15 is 0 Å². The highest BCUT2D eigenvalue weighted by Gasteiger charge is 2.06. The van der Waals surface area contributed by atoms with Gasteiger partial charge in [-0.1, -0.05) is 0 Å². The van der Waals surface area contributed by atoms with Crippen LogP contribution >= 0.6 is 0 Å². The molecule has 4 heteroatoms. The van der Waals surface area contributed by atoms with Gasteiger partial charge in [-0.05, 0) is 37.3 Å². The maximum absolute atomic E-state index is 13.5. The molecule has 0 saturated carbocycles. The van der Waals surface area contributed by atoms with E-state index in [0.29, 0.717) is 5.56 Å². The summed E-state index contributed by atoms with van der Waals surface area (Å²) in [5, 5.41) is 2.90. The summed E-state index contributed by atoms with van der Waals surface area (Å²) in [5.74, 6) is -0.491. The monoisotopic (exact) mass is 230 g/mol. The minimum Gasteiger partial charge on any atom is -0.353 e. The SMILES string of the molecule is CC(=O)c1ccc(F)c(Nc2ccncc2)c1. The predicted octanol–water partition coefficient (Wildman–Crippen LogP) is 3.17. The number of benzene rings is 1. The largest absolute Gasteiger partial charge is 0.353 e. The molecule has 0 atom stereocenters. The van der Waals surface area contributed by atoms with Crippen LogP contribution in [-0.2, 0) is 0 Å². The quantitative estimate of drug-likeness (QED) is 0.823. The van der Waals surface area contributed by atoms with E-state index in [1.165, 1.54) is 25.1 Å². The number of carbonyl (C=O) groups excluding carboxylic acids is 1. The maximum atomic E-state index is 13.5. The van der Waals surface area contributed by atoms with Crippen molar-refractivity contribution in [1.29, 1.82) is 0 Å². The fourth-order valence-corrected chi connectivity index (χ4v) is 1.43. The highest BCUT2D eigenvalue weighted by Crippen LogP contribution is 2.21. The molecule has 1 heterocycles. The van der Waals surface area contributed by atoms with Crippen LogP contribution in [0, 0.1) is 5.82 Å². The van der Waals surface area contributed by atoms with Crippen molar-refractivity contribution in [3.8, 4) is 0 Å². The Labute approximate surface area is 98.3 Å². The van der Waals surface area contributed by atoms with Crippen LogP contribution in [0.5, 0.6) is 0 Å². The summed E-state index contributed by atoms with van der Waals surface area (Å²) >= 11 is 0. The molecule has 0 amide bonds. The van der Waals surface area contributed by atoms with Crippen molar-refractivity contribution in [1.82, 2.24) is 4.98 Å². The first-order valence-corrected chi connectivity index (χ1v) is 5.14. The second-order valence-electron chi connectivity index (χ2n) is 3.61. The van der Waals surface area contributed by atoms with Gasteiger partial charge in [0, 0.05) is 23.6 Å². The van der Waals surface area contributed by atoms with Gasteiger partial charge < -0.3 is 5.32 Å². The van der Waals surface area contributed by atoms with Gasteiger partial charge in [-0.3, -0.25) is 9.78 Å². The van der Waals surface area contributed by atoms with Gasteiger partial charge in [0.2, 0.25) is 0 Å². The Hall–Kier alpha value is -2.23. The molecule has 1 aromatic carbocycles. The lowest BCUT2D eigenvalue weighted by Crippen LogP contribution is -1.98. The molecule has 2 rings (SSSR count). The van der Waals surface area contributed by atoms with Gasteiger partial charge in [0.25, 0.3) is 0 Å². The molecule has 17 heavy (non-hydrogen) atoms. The minimum absolute atomic E-state index is 0.0946. The number of aromatic nitrogens is 1. The molecule has 0 saturated heterocycles. The Balaban J connectivity index is 2.32. The number of ketones is 1. The molecule has 86 valence electrons. The van der Waals surface area contributed by atoms with Gasteiger partial charge in [0.15, 0.2) is 5.78 Å². The minimum atomic E-state index is -0.396. The second kappa shape index (κ2) is 4.74. The van der Waals surface area contributed by atoms with E-state index in [2.05, 4.69) is 10.3 Å². The normalized spacial score (nSPS) is 10.0. The number of hydrogen-bond acceptors (Lipinski definition) is 3. The molecule has 2 aromatic rings. The van der Waals surface area contributed by atoms with Gasteiger partial charge in [0.1, 0.15) is 5.82 Å². The molecular weight excluding hydrogens is 219 g/mol. The smallest absolute Gasteiger partial charge is 0.159 e. The highest BCUT2D eigenvalue weighted by atomic mass is 19.1. The molecule has 1 N–H and O–H groups in total. The summed E-state index contributed by atoms with van der Waals surface area (Å²) in [4.78, 5) is 15.1. The van der Waals surface area contributed by atoms with Crippen molar-refractivity contribution in [2.45, 2.75) is 6.92 Å². The molecule has 0 aliphatic heterocycles. The third-order valence-corrected chi connectivity index (χ3v) is 2.33. The van der Waals surface area contributed by atoms with Crippen LogP contribution in [0.3, 0.4) is 0 Å². The van der Waals surface area contributed by atoms with Crippen LogP contribution < -0.4 is 5.32 Å². The zero-order chi connectivity index (χ0) is 12.3. The van der Waals surface area contributed by atoms with E-state index in [4.69, 9.17) is 0 Å². The second-order valence-corrected chi connectivity index (χ2v) is 3.61. The summed E-state index contributed by atoms with van der Waals surface area (Å²) < 4.78 is 13.5. The van der Waals surface area contributed by atoms with E-state index in [9.17, 15) is 9.18 Å². The molecular formula is C13H11FN2O. The molecule has 0 aliphatic rings. The van der Waals surface area contributed by atoms with Crippen LogP contribution in [0.4, 0.5) is 15.8 Å². The Morgan fingerprint density at radius 1 is 1.24 bits per heavy atom. The number of carbonyl (C=O) groups is 1. The zero-order valence-corrected chi connectivity index (χ0v) is 9.27. The fourth-order valence-electron chi connectivity index (χ4n) is 1.43. The predicted molar refractivity (Wildman–Crippen MR) is 63.9 cm³/mol. The van der Waals surface area contributed by atoms with Crippen LogP contribution in [0.25, 0.3) is 0 Å². The first kappa shape index (κ1) is 11.3. The molecule has 3 nitrogen and oxygen atoms in total. The molecule has 1 aromatic heterocycles. The lowest BCUT2D eigenvalue weighted by Gasteiger charge is -2.08. The van der Waals surface area contributed by atoms with Crippen LogP contribution in [0.15, 0.2) is 42.7 Å². The number of rotatable bonds is 3. The standard InChI is InChI=1S/C13H11FN2O/c1-9(17)10-2-3-12(14)13(8-10)16-11-4-6-15-7-5-11/h2-8H,1H3,(H,15,16). The van der Waals surface area contributed by atoms with Crippen molar-refractivity contribution in [3.63, 3.8) is 0 Å². The summed E-state index contributed by atoms with van der Waals surface area (Å²) in [7, 11) is 0. The van der Waals surface area contributed by atoms with E-state index < -0.39 is 5.82 Å². The van der Waals surface area contributed by atoms with Gasteiger partial charge >= 0.3 is 0 Å². The summed E-state index contributed by atoms with van der Waals surface area (Å²) in [6.07, 6.45) is 3.21. The van der Waals surface area contributed by atoms with Gasteiger partial charge in [-0.15, -0.1) is 0 Å². The van der Waals surface area contributed by atoms with Crippen molar-refractivity contribution in [2.75, 3.05) is 5.32 Å². The van der Waals surface area contributed by atoms with Crippen molar-refractivity contribution in [2.24, 2.45) is 0 Å². The number of hydrogen-bond donors (Lipinski definition) is 1. The zero-order valence-electron chi connectivity index (χ0n) is 9.27. The highest BCUT2D eigenvalue weighted by molar-refractivity contribution is 5.95. The Kier molecular flexibility index (Phi) is 3.14. The van der Waals surface area contributed by atoms with Crippen molar-refractivity contribution in [3.05, 3.63) is 54.1 Å². The average molecular weight is 230 g/mol.